The highest BCUT2D eigenvalue weighted by atomic mass is 28.3. The van der Waals surface area contributed by atoms with E-state index >= 15 is 0 Å². The number of carbonyl (C=O) groups excluding carboxylic acids is 1. The lowest BCUT2D eigenvalue weighted by Crippen LogP contribution is -2.39. The van der Waals surface area contributed by atoms with Gasteiger partial charge in [0.25, 0.3) is 0 Å². The molecule has 1 aromatic heterocycles. The number of nitrogens with zero attached hydrogens (tertiary/aromatic N) is 2. The quantitative estimate of drug-likeness (QED) is 0.216. The summed E-state index contributed by atoms with van der Waals surface area (Å²) in [6.07, 6.45) is 5.50. The van der Waals surface area contributed by atoms with E-state index in [2.05, 4.69) is 31.1 Å². The van der Waals surface area contributed by atoms with Crippen LogP contribution in [0, 0.1) is 0 Å². The molecular formula is C26H40N2O3Si. The summed E-state index contributed by atoms with van der Waals surface area (Å²) in [5.74, 6) is 0.717. The molecule has 1 atom stereocenters. The normalized spacial score (nSPS) is 13.6. The Morgan fingerprint density at radius 1 is 1.09 bits per heavy atom. The van der Waals surface area contributed by atoms with Gasteiger partial charge in [0.15, 0.2) is 0 Å². The van der Waals surface area contributed by atoms with Crippen LogP contribution >= 0.6 is 0 Å². The Bertz CT molecular complexity index is 898. The molecule has 2 aromatic rings. The van der Waals surface area contributed by atoms with E-state index in [1.54, 1.807) is 0 Å². The molecule has 0 aliphatic carbocycles. The summed E-state index contributed by atoms with van der Waals surface area (Å²) >= 11 is 0. The Morgan fingerprint density at radius 2 is 1.78 bits per heavy atom. The standard InChI is InChI=1S/C26H40N2O3Si/c1-8-11-17-24-27-19-23(28(24)26(31-10-3)32(5,6)7)20(4)22(25(29)30-9-2)18-21-15-13-12-14-16-21/h12-16,19,26H,8-11,17-18H2,1-7H3/b22-20+. The summed E-state index contributed by atoms with van der Waals surface area (Å²) in [4.78, 5) is 17.8. The summed E-state index contributed by atoms with van der Waals surface area (Å²) in [5, 5.41) is 0. The number of esters is 1. The van der Waals surface area contributed by atoms with Crippen molar-refractivity contribution in [2.24, 2.45) is 0 Å². The summed E-state index contributed by atoms with van der Waals surface area (Å²) in [6, 6.07) is 10.1. The van der Waals surface area contributed by atoms with Crippen LogP contribution in [0.25, 0.3) is 5.57 Å². The van der Waals surface area contributed by atoms with Gasteiger partial charge < -0.3 is 14.0 Å². The van der Waals surface area contributed by atoms with Crippen molar-refractivity contribution < 1.29 is 14.3 Å². The van der Waals surface area contributed by atoms with Gasteiger partial charge in [-0.3, -0.25) is 0 Å². The molecule has 6 heteroatoms. The molecule has 0 saturated heterocycles. The lowest BCUT2D eigenvalue weighted by atomic mass is 9.99. The Hall–Kier alpha value is -2.18. The SMILES string of the molecule is CCCCc1ncc(/C(C)=C(\Cc2ccccc2)C(=O)OCC)n1C(OCC)[Si](C)(C)C. The lowest BCUT2D eigenvalue weighted by molar-refractivity contribution is -0.138. The molecule has 0 aliphatic heterocycles. The van der Waals surface area contributed by atoms with Gasteiger partial charge in [0.05, 0.1) is 18.5 Å². The molecule has 0 amide bonds. The lowest BCUT2D eigenvalue weighted by Gasteiger charge is -2.33. The molecule has 0 radical (unpaired) electrons. The van der Waals surface area contributed by atoms with Gasteiger partial charge in [-0.25, -0.2) is 9.78 Å². The monoisotopic (exact) mass is 456 g/mol. The van der Waals surface area contributed by atoms with Gasteiger partial charge in [0.1, 0.15) is 19.7 Å². The van der Waals surface area contributed by atoms with Crippen LogP contribution in [0.3, 0.4) is 0 Å². The van der Waals surface area contributed by atoms with E-state index in [1.807, 2.05) is 57.3 Å². The van der Waals surface area contributed by atoms with Crippen LogP contribution in [0.2, 0.25) is 19.6 Å². The minimum atomic E-state index is -1.75. The molecule has 0 N–H and O–H groups in total. The molecule has 176 valence electrons. The number of hydrogen-bond donors (Lipinski definition) is 0. The number of rotatable bonds is 12. The number of ether oxygens (including phenoxy) is 2. The zero-order valence-electron chi connectivity index (χ0n) is 20.9. The van der Waals surface area contributed by atoms with Crippen molar-refractivity contribution in [3.8, 4) is 0 Å². The van der Waals surface area contributed by atoms with E-state index in [-0.39, 0.29) is 11.8 Å². The number of hydrogen-bond acceptors (Lipinski definition) is 4. The van der Waals surface area contributed by atoms with Gasteiger partial charge in [-0.2, -0.15) is 0 Å². The molecule has 32 heavy (non-hydrogen) atoms. The molecule has 1 unspecified atom stereocenters. The highest BCUT2D eigenvalue weighted by Crippen LogP contribution is 2.32. The number of aromatic nitrogens is 2. The fourth-order valence-corrected chi connectivity index (χ4v) is 5.59. The van der Waals surface area contributed by atoms with Gasteiger partial charge in [0, 0.05) is 25.0 Å². The van der Waals surface area contributed by atoms with Crippen molar-refractivity contribution >= 4 is 19.6 Å². The maximum Gasteiger partial charge on any atom is 0.334 e. The van der Waals surface area contributed by atoms with Gasteiger partial charge in [-0.15, -0.1) is 0 Å². The Balaban J connectivity index is 2.67. The van der Waals surface area contributed by atoms with Gasteiger partial charge in [-0.1, -0.05) is 63.3 Å². The summed E-state index contributed by atoms with van der Waals surface area (Å²) in [5.41, 5.74) is 3.62. The van der Waals surface area contributed by atoms with Gasteiger partial charge in [-0.05, 0) is 38.3 Å². The molecule has 2 rings (SSSR count). The zero-order valence-corrected chi connectivity index (χ0v) is 21.9. The van der Waals surface area contributed by atoms with E-state index < -0.39 is 8.07 Å². The number of allylic oxidation sites excluding steroid dienone is 1. The van der Waals surface area contributed by atoms with Crippen molar-refractivity contribution in [3.63, 3.8) is 0 Å². The third-order valence-electron chi connectivity index (χ3n) is 5.51. The van der Waals surface area contributed by atoms with Crippen molar-refractivity contribution in [2.45, 2.75) is 78.9 Å². The minimum Gasteiger partial charge on any atom is -0.463 e. The highest BCUT2D eigenvalue weighted by molar-refractivity contribution is 6.76. The van der Waals surface area contributed by atoms with E-state index in [9.17, 15) is 4.79 Å². The van der Waals surface area contributed by atoms with Crippen molar-refractivity contribution in [1.29, 1.82) is 0 Å². The van der Waals surface area contributed by atoms with Crippen LogP contribution in [-0.4, -0.2) is 36.8 Å². The molecule has 1 aromatic carbocycles. The van der Waals surface area contributed by atoms with Gasteiger partial charge >= 0.3 is 5.97 Å². The average molecular weight is 457 g/mol. The topological polar surface area (TPSA) is 53.3 Å². The van der Waals surface area contributed by atoms with Crippen molar-refractivity contribution in [1.82, 2.24) is 9.55 Å². The van der Waals surface area contributed by atoms with Crippen molar-refractivity contribution in [3.05, 3.63) is 59.2 Å². The highest BCUT2D eigenvalue weighted by Gasteiger charge is 2.33. The number of unbranched alkanes of at least 4 members (excludes halogenated alkanes) is 1. The third-order valence-corrected chi connectivity index (χ3v) is 7.42. The Morgan fingerprint density at radius 3 is 2.34 bits per heavy atom. The number of imidazole rings is 1. The number of aryl methyl sites for hydroxylation is 1. The first-order valence-corrected chi connectivity index (χ1v) is 15.4. The largest absolute Gasteiger partial charge is 0.463 e. The Labute approximate surface area is 194 Å². The molecule has 0 bridgehead atoms. The van der Waals surface area contributed by atoms with Crippen LogP contribution in [0.15, 0.2) is 42.1 Å². The molecule has 5 nitrogen and oxygen atoms in total. The predicted octanol–water partition coefficient (Wildman–Crippen LogP) is 6.22. The second-order valence-electron chi connectivity index (χ2n) is 9.19. The van der Waals surface area contributed by atoms with Crippen LogP contribution in [0.1, 0.15) is 63.5 Å². The number of carbonyl (C=O) groups is 1. The second-order valence-corrected chi connectivity index (χ2v) is 14.4. The fourth-order valence-electron chi connectivity index (χ4n) is 3.86. The molecule has 0 aliphatic rings. The first kappa shape index (κ1) is 26.1. The predicted molar refractivity (Wildman–Crippen MR) is 134 cm³/mol. The summed E-state index contributed by atoms with van der Waals surface area (Å²) in [7, 11) is -1.75. The third kappa shape index (κ3) is 6.66. The smallest absolute Gasteiger partial charge is 0.334 e. The first-order chi connectivity index (χ1) is 15.2. The second kappa shape index (κ2) is 12.2. The number of benzene rings is 1. The average Bonchev–Trinajstić information content (AvgIpc) is 3.17. The van der Waals surface area contributed by atoms with Crippen LogP contribution < -0.4 is 0 Å². The van der Waals surface area contributed by atoms with Crippen LogP contribution in [0.5, 0.6) is 0 Å². The summed E-state index contributed by atoms with van der Waals surface area (Å²) in [6.45, 7) is 16.0. The van der Waals surface area contributed by atoms with E-state index in [0.717, 1.165) is 41.9 Å². The van der Waals surface area contributed by atoms with E-state index in [0.29, 0.717) is 25.2 Å². The molecule has 0 fully saturated rings. The zero-order chi connectivity index (χ0) is 23.7. The van der Waals surface area contributed by atoms with E-state index in [1.165, 1.54) is 0 Å². The van der Waals surface area contributed by atoms with Crippen LogP contribution in [0.4, 0.5) is 0 Å². The van der Waals surface area contributed by atoms with Crippen LogP contribution in [-0.2, 0) is 27.1 Å². The molecule has 0 saturated carbocycles. The molecule has 1 heterocycles. The maximum absolute atomic E-state index is 13.0. The molecule has 0 spiro atoms. The minimum absolute atomic E-state index is 0.0491. The maximum atomic E-state index is 13.0. The first-order valence-electron chi connectivity index (χ1n) is 11.8. The van der Waals surface area contributed by atoms with Crippen molar-refractivity contribution in [2.75, 3.05) is 13.2 Å². The van der Waals surface area contributed by atoms with Gasteiger partial charge in [0.2, 0.25) is 0 Å². The molecular weight excluding hydrogens is 416 g/mol. The summed E-state index contributed by atoms with van der Waals surface area (Å²) < 4.78 is 14.0. The van der Waals surface area contributed by atoms with E-state index in [4.69, 9.17) is 14.5 Å². The Kier molecular flexibility index (Phi) is 9.91. The fraction of sp³-hybridized carbons (Fsp3) is 0.538.